The Bertz CT molecular complexity index is 500. The standard InChI is InChI=1S/C12H14N4OS/c17-12(10-3-8-18-9-10)15-5-1-11(2-6-15)16-7-4-13-14-16/h3-4,7-9,11H,1-2,5-6H2. The number of aromatic nitrogens is 3. The molecule has 0 N–H and O–H groups in total. The highest BCUT2D eigenvalue weighted by Crippen LogP contribution is 2.22. The van der Waals surface area contributed by atoms with Gasteiger partial charge >= 0.3 is 0 Å². The molecule has 0 saturated carbocycles. The van der Waals surface area contributed by atoms with Gasteiger partial charge in [0, 0.05) is 24.7 Å². The fourth-order valence-corrected chi connectivity index (χ4v) is 2.94. The molecule has 0 atom stereocenters. The summed E-state index contributed by atoms with van der Waals surface area (Å²) in [6.07, 6.45) is 5.47. The van der Waals surface area contributed by atoms with E-state index in [4.69, 9.17) is 0 Å². The number of carbonyl (C=O) groups excluding carboxylic acids is 1. The van der Waals surface area contributed by atoms with Crippen LogP contribution >= 0.6 is 11.3 Å². The van der Waals surface area contributed by atoms with E-state index in [0.29, 0.717) is 6.04 Å². The van der Waals surface area contributed by atoms with E-state index in [1.54, 1.807) is 17.5 Å². The van der Waals surface area contributed by atoms with Crippen molar-refractivity contribution in [3.8, 4) is 0 Å². The molecule has 18 heavy (non-hydrogen) atoms. The molecule has 2 aromatic rings. The van der Waals surface area contributed by atoms with Gasteiger partial charge in [-0.3, -0.25) is 4.79 Å². The molecule has 0 bridgehead atoms. The fraction of sp³-hybridized carbons (Fsp3) is 0.417. The van der Waals surface area contributed by atoms with Crippen molar-refractivity contribution in [2.75, 3.05) is 13.1 Å². The van der Waals surface area contributed by atoms with Gasteiger partial charge in [0.25, 0.3) is 5.91 Å². The van der Waals surface area contributed by atoms with E-state index in [0.717, 1.165) is 31.5 Å². The number of piperidine rings is 1. The first kappa shape index (κ1) is 11.4. The van der Waals surface area contributed by atoms with Gasteiger partial charge in [-0.1, -0.05) is 5.21 Å². The smallest absolute Gasteiger partial charge is 0.254 e. The van der Waals surface area contributed by atoms with Crippen LogP contribution < -0.4 is 0 Å². The van der Waals surface area contributed by atoms with E-state index >= 15 is 0 Å². The van der Waals surface area contributed by atoms with Crippen molar-refractivity contribution in [2.24, 2.45) is 0 Å². The average Bonchev–Trinajstić information content (AvgIpc) is 3.11. The molecule has 0 radical (unpaired) electrons. The normalized spacial score (nSPS) is 17.0. The fourth-order valence-electron chi connectivity index (χ4n) is 2.31. The van der Waals surface area contributed by atoms with Crippen molar-refractivity contribution >= 4 is 17.2 Å². The van der Waals surface area contributed by atoms with Crippen LogP contribution in [-0.2, 0) is 0 Å². The van der Waals surface area contributed by atoms with Crippen LogP contribution in [-0.4, -0.2) is 38.9 Å². The van der Waals surface area contributed by atoms with E-state index in [9.17, 15) is 4.79 Å². The minimum Gasteiger partial charge on any atom is -0.338 e. The van der Waals surface area contributed by atoms with Crippen LogP contribution in [0.1, 0.15) is 29.2 Å². The van der Waals surface area contributed by atoms with Crippen LogP contribution in [0.4, 0.5) is 0 Å². The molecule has 0 unspecified atom stereocenters. The van der Waals surface area contributed by atoms with Gasteiger partial charge in [0.05, 0.1) is 17.8 Å². The molecule has 1 amide bonds. The van der Waals surface area contributed by atoms with Gasteiger partial charge in [0.2, 0.25) is 0 Å². The number of nitrogens with zero attached hydrogens (tertiary/aromatic N) is 4. The van der Waals surface area contributed by atoms with Gasteiger partial charge in [-0.15, -0.1) is 5.10 Å². The van der Waals surface area contributed by atoms with E-state index in [1.165, 1.54) is 0 Å². The molecule has 3 heterocycles. The third kappa shape index (κ3) is 2.15. The lowest BCUT2D eigenvalue weighted by molar-refractivity contribution is 0.0690. The highest BCUT2D eigenvalue weighted by Gasteiger charge is 2.24. The molecule has 0 spiro atoms. The van der Waals surface area contributed by atoms with Crippen molar-refractivity contribution < 1.29 is 4.79 Å². The minimum absolute atomic E-state index is 0.147. The maximum atomic E-state index is 12.2. The van der Waals surface area contributed by atoms with Crippen LogP contribution in [0.5, 0.6) is 0 Å². The summed E-state index contributed by atoms with van der Waals surface area (Å²) < 4.78 is 1.90. The van der Waals surface area contributed by atoms with Crippen LogP contribution in [0.2, 0.25) is 0 Å². The highest BCUT2D eigenvalue weighted by molar-refractivity contribution is 7.08. The second kappa shape index (κ2) is 4.89. The van der Waals surface area contributed by atoms with E-state index in [2.05, 4.69) is 10.3 Å². The van der Waals surface area contributed by atoms with Crippen molar-refractivity contribution in [1.82, 2.24) is 19.9 Å². The summed E-state index contributed by atoms with van der Waals surface area (Å²) in [6.45, 7) is 1.58. The molecule has 1 fully saturated rings. The summed E-state index contributed by atoms with van der Waals surface area (Å²) in [4.78, 5) is 14.1. The predicted molar refractivity (Wildman–Crippen MR) is 68.5 cm³/mol. The zero-order chi connectivity index (χ0) is 12.4. The van der Waals surface area contributed by atoms with Crippen molar-refractivity contribution in [1.29, 1.82) is 0 Å². The Morgan fingerprint density at radius 2 is 2.22 bits per heavy atom. The van der Waals surface area contributed by atoms with Gasteiger partial charge in [0.1, 0.15) is 0 Å². The number of amides is 1. The maximum Gasteiger partial charge on any atom is 0.254 e. The largest absolute Gasteiger partial charge is 0.338 e. The Morgan fingerprint density at radius 3 is 2.83 bits per heavy atom. The molecule has 94 valence electrons. The van der Waals surface area contributed by atoms with Gasteiger partial charge in [-0.05, 0) is 24.3 Å². The molecular weight excluding hydrogens is 248 g/mol. The van der Waals surface area contributed by atoms with Crippen molar-refractivity contribution in [3.63, 3.8) is 0 Å². The average molecular weight is 262 g/mol. The molecule has 0 aliphatic carbocycles. The van der Waals surface area contributed by atoms with Gasteiger partial charge in [-0.2, -0.15) is 11.3 Å². The number of rotatable bonds is 2. The quantitative estimate of drug-likeness (QED) is 0.829. The first-order chi connectivity index (χ1) is 8.84. The van der Waals surface area contributed by atoms with Gasteiger partial charge < -0.3 is 4.90 Å². The molecule has 5 nitrogen and oxygen atoms in total. The van der Waals surface area contributed by atoms with Crippen LogP contribution in [0.15, 0.2) is 29.2 Å². The molecule has 3 rings (SSSR count). The summed E-state index contributed by atoms with van der Waals surface area (Å²) in [5.74, 6) is 0.147. The molecule has 2 aromatic heterocycles. The molecule has 6 heteroatoms. The van der Waals surface area contributed by atoms with Crippen LogP contribution in [0.3, 0.4) is 0 Å². The topological polar surface area (TPSA) is 51.0 Å². The molecular formula is C12H14N4OS. The highest BCUT2D eigenvalue weighted by atomic mass is 32.1. The number of carbonyl (C=O) groups is 1. The molecule has 0 aromatic carbocycles. The van der Waals surface area contributed by atoms with Crippen LogP contribution in [0, 0.1) is 0 Å². The van der Waals surface area contributed by atoms with E-state index in [-0.39, 0.29) is 5.91 Å². The summed E-state index contributed by atoms with van der Waals surface area (Å²) in [5, 5.41) is 11.7. The Morgan fingerprint density at radius 1 is 1.39 bits per heavy atom. The Labute approximate surface area is 109 Å². The molecule has 1 aliphatic rings. The van der Waals surface area contributed by atoms with Gasteiger partial charge in [0.15, 0.2) is 0 Å². The van der Waals surface area contributed by atoms with E-state index < -0.39 is 0 Å². The lowest BCUT2D eigenvalue weighted by atomic mass is 10.0. The lowest BCUT2D eigenvalue weighted by Gasteiger charge is -2.31. The number of hydrogen-bond donors (Lipinski definition) is 0. The zero-order valence-corrected chi connectivity index (χ0v) is 10.7. The number of hydrogen-bond acceptors (Lipinski definition) is 4. The van der Waals surface area contributed by atoms with E-state index in [1.807, 2.05) is 32.6 Å². The Kier molecular flexibility index (Phi) is 3.10. The number of likely N-dealkylation sites (tertiary alicyclic amines) is 1. The lowest BCUT2D eigenvalue weighted by Crippen LogP contribution is -2.39. The predicted octanol–water partition coefficient (Wildman–Crippen LogP) is 1.82. The SMILES string of the molecule is O=C(c1ccsc1)N1CCC(n2ccnn2)CC1. The summed E-state index contributed by atoms with van der Waals surface area (Å²) >= 11 is 1.56. The number of thiophene rings is 1. The third-order valence-corrected chi connectivity index (χ3v) is 4.02. The summed E-state index contributed by atoms with van der Waals surface area (Å²) in [7, 11) is 0. The molecule has 1 saturated heterocycles. The first-order valence-electron chi connectivity index (χ1n) is 6.02. The Balaban J connectivity index is 1.62. The Hall–Kier alpha value is -1.69. The summed E-state index contributed by atoms with van der Waals surface area (Å²) in [6, 6.07) is 2.26. The monoisotopic (exact) mass is 262 g/mol. The minimum atomic E-state index is 0.147. The second-order valence-electron chi connectivity index (χ2n) is 4.42. The second-order valence-corrected chi connectivity index (χ2v) is 5.20. The maximum absolute atomic E-state index is 12.2. The van der Waals surface area contributed by atoms with Crippen molar-refractivity contribution in [2.45, 2.75) is 18.9 Å². The van der Waals surface area contributed by atoms with Gasteiger partial charge in [-0.25, -0.2) is 4.68 Å². The first-order valence-corrected chi connectivity index (χ1v) is 6.96. The third-order valence-electron chi connectivity index (χ3n) is 3.33. The van der Waals surface area contributed by atoms with Crippen LogP contribution in [0.25, 0.3) is 0 Å². The zero-order valence-electron chi connectivity index (χ0n) is 9.90. The molecule has 1 aliphatic heterocycles. The van der Waals surface area contributed by atoms with Crippen molar-refractivity contribution in [3.05, 3.63) is 34.8 Å². The summed E-state index contributed by atoms with van der Waals surface area (Å²) in [5.41, 5.74) is 0.805.